The molecule has 0 bridgehead atoms. The number of hydrogen-bond acceptors (Lipinski definition) is 4. The van der Waals surface area contributed by atoms with Crippen LogP contribution in [0.5, 0.6) is 0 Å². The Labute approximate surface area is 99.8 Å². The zero-order chi connectivity index (χ0) is 12.4. The maximum atomic E-state index is 11.1. The summed E-state index contributed by atoms with van der Waals surface area (Å²) < 4.78 is 7.05. The van der Waals surface area contributed by atoms with Gasteiger partial charge in [0.05, 0.1) is 24.8 Å². The van der Waals surface area contributed by atoms with Gasteiger partial charge >= 0.3 is 5.97 Å². The zero-order valence-corrected chi connectivity index (χ0v) is 10.0. The highest BCUT2D eigenvalue weighted by atomic mass is 16.5. The Morgan fingerprint density at radius 3 is 3.06 bits per heavy atom. The molecule has 1 saturated heterocycles. The summed E-state index contributed by atoms with van der Waals surface area (Å²) in [6.07, 6.45) is 1.74. The summed E-state index contributed by atoms with van der Waals surface area (Å²) >= 11 is 0. The maximum absolute atomic E-state index is 11.1. The molecule has 6 heteroatoms. The minimum absolute atomic E-state index is 0.0672. The van der Waals surface area contributed by atoms with Crippen LogP contribution in [0.4, 0.5) is 0 Å². The van der Waals surface area contributed by atoms with Crippen molar-refractivity contribution in [1.82, 2.24) is 14.7 Å². The van der Waals surface area contributed by atoms with E-state index in [9.17, 15) is 4.79 Å². The first-order valence-electron chi connectivity index (χ1n) is 5.57. The highest BCUT2D eigenvalue weighted by Crippen LogP contribution is 2.20. The second kappa shape index (κ2) is 4.85. The Morgan fingerprint density at radius 1 is 1.71 bits per heavy atom. The van der Waals surface area contributed by atoms with E-state index in [1.807, 2.05) is 25.1 Å². The molecule has 0 spiro atoms. The van der Waals surface area contributed by atoms with Crippen molar-refractivity contribution < 1.29 is 14.6 Å². The fraction of sp³-hybridized carbons (Fsp3) is 0.636. The topological polar surface area (TPSA) is 67.6 Å². The molecule has 2 heterocycles. The molecule has 0 aliphatic carbocycles. The molecule has 6 nitrogen and oxygen atoms in total. The number of rotatable bonds is 4. The third kappa shape index (κ3) is 2.48. The second-order valence-corrected chi connectivity index (χ2v) is 4.41. The normalized spacial score (nSPS) is 24.4. The lowest BCUT2D eigenvalue weighted by atomic mass is 10.0. The first kappa shape index (κ1) is 12.1. The molecule has 0 saturated carbocycles. The Morgan fingerprint density at radius 2 is 2.47 bits per heavy atom. The average Bonchev–Trinajstić information content (AvgIpc) is 2.87. The number of likely N-dealkylation sites (N-methyl/N-ethyl adjacent to an activating group) is 1. The molecule has 0 radical (unpaired) electrons. The number of carboxylic acids is 1. The van der Waals surface area contributed by atoms with Gasteiger partial charge in [0.25, 0.3) is 0 Å². The van der Waals surface area contributed by atoms with Gasteiger partial charge in [0.1, 0.15) is 0 Å². The van der Waals surface area contributed by atoms with E-state index in [4.69, 9.17) is 9.84 Å². The van der Waals surface area contributed by atoms with Gasteiger partial charge < -0.3 is 9.84 Å². The van der Waals surface area contributed by atoms with E-state index < -0.39 is 11.9 Å². The van der Waals surface area contributed by atoms with E-state index in [0.717, 1.165) is 5.69 Å². The van der Waals surface area contributed by atoms with Gasteiger partial charge in [-0.3, -0.25) is 14.4 Å². The van der Waals surface area contributed by atoms with Gasteiger partial charge in [-0.15, -0.1) is 0 Å². The SMILES string of the molecule is CN(Cc1ccnn1C)C1COCC1C(=O)O. The van der Waals surface area contributed by atoms with Gasteiger partial charge in [0, 0.05) is 25.8 Å². The van der Waals surface area contributed by atoms with Crippen LogP contribution in [0.3, 0.4) is 0 Å². The highest BCUT2D eigenvalue weighted by molar-refractivity contribution is 5.71. The summed E-state index contributed by atoms with van der Waals surface area (Å²) in [7, 11) is 3.80. The van der Waals surface area contributed by atoms with E-state index >= 15 is 0 Å². The number of carboxylic acid groups (broad SMARTS) is 1. The molecule has 17 heavy (non-hydrogen) atoms. The molecule has 1 aromatic rings. The molecule has 0 aromatic carbocycles. The van der Waals surface area contributed by atoms with Crippen molar-refractivity contribution in [3.8, 4) is 0 Å². The Kier molecular flexibility index (Phi) is 3.44. The molecule has 1 fully saturated rings. The van der Waals surface area contributed by atoms with Crippen molar-refractivity contribution in [2.24, 2.45) is 13.0 Å². The molecule has 1 aromatic heterocycles. The predicted molar refractivity (Wildman–Crippen MR) is 60.4 cm³/mol. The van der Waals surface area contributed by atoms with Gasteiger partial charge in [-0.05, 0) is 13.1 Å². The lowest BCUT2D eigenvalue weighted by Gasteiger charge is -2.25. The van der Waals surface area contributed by atoms with Gasteiger partial charge in [0.2, 0.25) is 0 Å². The summed E-state index contributed by atoms with van der Waals surface area (Å²) in [6.45, 7) is 1.45. The quantitative estimate of drug-likeness (QED) is 0.798. The van der Waals surface area contributed by atoms with Crippen LogP contribution in [0.25, 0.3) is 0 Å². The van der Waals surface area contributed by atoms with Crippen LogP contribution in [-0.4, -0.2) is 52.1 Å². The van der Waals surface area contributed by atoms with Crippen LogP contribution < -0.4 is 0 Å². The molecule has 2 unspecified atom stereocenters. The van der Waals surface area contributed by atoms with Gasteiger partial charge in [-0.25, -0.2) is 0 Å². The van der Waals surface area contributed by atoms with E-state index in [1.54, 1.807) is 10.9 Å². The van der Waals surface area contributed by atoms with Crippen LogP contribution in [0, 0.1) is 5.92 Å². The lowest BCUT2D eigenvalue weighted by molar-refractivity contribution is -0.143. The Hall–Kier alpha value is -1.40. The molecule has 1 N–H and O–H groups in total. The summed E-state index contributed by atoms with van der Waals surface area (Å²) in [5.74, 6) is -1.22. The Balaban J connectivity index is 2.02. The summed E-state index contributed by atoms with van der Waals surface area (Å²) in [5.41, 5.74) is 1.06. The van der Waals surface area contributed by atoms with Crippen LogP contribution >= 0.6 is 0 Å². The highest BCUT2D eigenvalue weighted by Gasteiger charge is 2.36. The number of ether oxygens (including phenoxy) is 1. The summed E-state index contributed by atoms with van der Waals surface area (Å²) in [6, 6.07) is 1.87. The number of nitrogens with zero attached hydrogens (tertiary/aromatic N) is 3. The number of hydrogen-bond donors (Lipinski definition) is 1. The van der Waals surface area contributed by atoms with Gasteiger partial charge in [-0.2, -0.15) is 5.10 Å². The molecule has 2 rings (SSSR count). The fourth-order valence-corrected chi connectivity index (χ4v) is 2.14. The first-order valence-corrected chi connectivity index (χ1v) is 5.57. The predicted octanol–water partition coefficient (Wildman–Crippen LogP) is -0.0485. The summed E-state index contributed by atoms with van der Waals surface area (Å²) in [5, 5.41) is 13.2. The van der Waals surface area contributed by atoms with Crippen molar-refractivity contribution in [2.45, 2.75) is 12.6 Å². The fourth-order valence-electron chi connectivity index (χ4n) is 2.14. The monoisotopic (exact) mass is 239 g/mol. The minimum atomic E-state index is -0.788. The largest absolute Gasteiger partial charge is 0.481 e. The molecule has 1 aliphatic heterocycles. The lowest BCUT2D eigenvalue weighted by Crippen LogP contribution is -2.40. The van der Waals surface area contributed by atoms with Crippen molar-refractivity contribution >= 4 is 5.97 Å². The minimum Gasteiger partial charge on any atom is -0.481 e. The van der Waals surface area contributed by atoms with Gasteiger partial charge in [-0.1, -0.05) is 0 Å². The van der Waals surface area contributed by atoms with Crippen molar-refractivity contribution in [1.29, 1.82) is 0 Å². The molecule has 2 atom stereocenters. The number of aliphatic carboxylic acids is 1. The zero-order valence-electron chi connectivity index (χ0n) is 10.0. The van der Waals surface area contributed by atoms with Crippen LogP contribution in [-0.2, 0) is 23.1 Å². The van der Waals surface area contributed by atoms with Crippen molar-refractivity contribution in [2.75, 3.05) is 20.3 Å². The van der Waals surface area contributed by atoms with E-state index in [2.05, 4.69) is 5.10 Å². The first-order chi connectivity index (χ1) is 8.09. The molecular formula is C11H17N3O3. The second-order valence-electron chi connectivity index (χ2n) is 4.41. The van der Waals surface area contributed by atoms with Gasteiger partial charge in [0.15, 0.2) is 0 Å². The van der Waals surface area contributed by atoms with E-state index in [1.165, 1.54) is 0 Å². The van der Waals surface area contributed by atoms with Crippen LogP contribution in [0.1, 0.15) is 5.69 Å². The third-order valence-corrected chi connectivity index (χ3v) is 3.27. The van der Waals surface area contributed by atoms with Crippen molar-refractivity contribution in [3.05, 3.63) is 18.0 Å². The number of carbonyl (C=O) groups is 1. The van der Waals surface area contributed by atoms with Crippen molar-refractivity contribution in [3.63, 3.8) is 0 Å². The Bertz CT molecular complexity index is 404. The number of aromatic nitrogens is 2. The molecule has 1 aliphatic rings. The van der Waals surface area contributed by atoms with Crippen LogP contribution in [0.15, 0.2) is 12.3 Å². The number of aryl methyl sites for hydroxylation is 1. The molecule has 94 valence electrons. The average molecular weight is 239 g/mol. The summed E-state index contributed by atoms with van der Waals surface area (Å²) in [4.78, 5) is 13.1. The van der Waals surface area contributed by atoms with E-state index in [0.29, 0.717) is 19.8 Å². The third-order valence-electron chi connectivity index (χ3n) is 3.27. The van der Waals surface area contributed by atoms with Crippen LogP contribution in [0.2, 0.25) is 0 Å². The molecular weight excluding hydrogens is 222 g/mol. The maximum Gasteiger partial charge on any atom is 0.310 e. The smallest absolute Gasteiger partial charge is 0.310 e. The van der Waals surface area contributed by atoms with E-state index in [-0.39, 0.29) is 6.04 Å². The molecule has 0 amide bonds. The standard InChI is InChI=1S/C11H17N3O3/c1-13(5-8-3-4-12-14(8)2)10-7-17-6-9(10)11(15)16/h3-4,9-10H,5-7H2,1-2H3,(H,15,16).